The number of furan rings is 1. The molecule has 0 aliphatic heterocycles. The Labute approximate surface area is 96.8 Å². The number of carbonyl (C=O) groups excluding carboxylic acids is 1. The molecule has 0 aromatic carbocycles. The lowest BCUT2D eigenvalue weighted by Gasteiger charge is -2.02. The van der Waals surface area contributed by atoms with Gasteiger partial charge < -0.3 is 9.15 Å². The minimum absolute atomic E-state index is 0.166. The highest BCUT2D eigenvalue weighted by Crippen LogP contribution is 2.18. The maximum absolute atomic E-state index is 11.4. The number of ether oxygens (including phenoxy) is 1. The molecule has 1 heterocycles. The van der Waals surface area contributed by atoms with Crippen LogP contribution in [0.5, 0.6) is 5.75 Å². The summed E-state index contributed by atoms with van der Waals surface area (Å²) in [5.41, 5.74) is 0. The average molecular weight is 224 g/mol. The molecule has 0 saturated heterocycles. The van der Waals surface area contributed by atoms with E-state index in [1.807, 2.05) is 0 Å². The molecule has 0 aliphatic rings. The van der Waals surface area contributed by atoms with E-state index in [-0.39, 0.29) is 5.97 Å². The van der Waals surface area contributed by atoms with Crippen LogP contribution < -0.4 is 4.74 Å². The molecule has 0 fully saturated rings. The van der Waals surface area contributed by atoms with Crippen LogP contribution in [-0.4, -0.2) is 5.97 Å². The van der Waals surface area contributed by atoms with Crippen LogP contribution in [0, 0.1) is 6.92 Å². The fourth-order valence-electron chi connectivity index (χ4n) is 1.53. The van der Waals surface area contributed by atoms with Crippen molar-refractivity contribution in [3.05, 3.63) is 18.1 Å². The first-order chi connectivity index (χ1) is 7.74. The third-order valence-electron chi connectivity index (χ3n) is 2.52. The van der Waals surface area contributed by atoms with E-state index < -0.39 is 0 Å². The summed E-state index contributed by atoms with van der Waals surface area (Å²) >= 11 is 0. The lowest BCUT2D eigenvalue weighted by Crippen LogP contribution is -2.07. The van der Waals surface area contributed by atoms with Crippen molar-refractivity contribution < 1.29 is 13.9 Å². The zero-order valence-corrected chi connectivity index (χ0v) is 10.1. The Morgan fingerprint density at radius 2 is 2.06 bits per heavy atom. The van der Waals surface area contributed by atoms with Gasteiger partial charge in [-0.25, -0.2) is 0 Å². The fraction of sp³-hybridized carbons (Fsp3) is 0.615. The molecule has 1 aromatic rings. The van der Waals surface area contributed by atoms with Crippen LogP contribution in [0.2, 0.25) is 0 Å². The summed E-state index contributed by atoms with van der Waals surface area (Å²) in [5.74, 6) is 1.03. The van der Waals surface area contributed by atoms with Crippen LogP contribution in [0.25, 0.3) is 0 Å². The van der Waals surface area contributed by atoms with Crippen molar-refractivity contribution in [2.75, 3.05) is 0 Å². The van der Waals surface area contributed by atoms with Crippen molar-refractivity contribution >= 4 is 5.97 Å². The van der Waals surface area contributed by atoms with Gasteiger partial charge in [0.05, 0.1) is 6.26 Å². The molecule has 16 heavy (non-hydrogen) atoms. The highest BCUT2D eigenvalue weighted by molar-refractivity contribution is 5.72. The summed E-state index contributed by atoms with van der Waals surface area (Å²) in [6.45, 7) is 3.96. The first-order valence-corrected chi connectivity index (χ1v) is 5.98. The van der Waals surface area contributed by atoms with Crippen molar-refractivity contribution in [3.63, 3.8) is 0 Å². The zero-order valence-electron chi connectivity index (χ0n) is 10.1. The van der Waals surface area contributed by atoms with Crippen LogP contribution in [-0.2, 0) is 4.79 Å². The van der Waals surface area contributed by atoms with Crippen molar-refractivity contribution in [2.45, 2.75) is 52.4 Å². The van der Waals surface area contributed by atoms with Crippen molar-refractivity contribution in [3.8, 4) is 5.75 Å². The van der Waals surface area contributed by atoms with Crippen LogP contribution in [0.1, 0.15) is 51.2 Å². The molecule has 0 saturated carbocycles. The molecule has 0 spiro atoms. The number of unbranched alkanes of at least 4 members (excludes halogenated alkanes) is 4. The second-order valence-electron chi connectivity index (χ2n) is 3.98. The van der Waals surface area contributed by atoms with Gasteiger partial charge in [-0.05, 0) is 13.3 Å². The molecule has 0 unspecified atom stereocenters. The normalized spacial score (nSPS) is 10.4. The van der Waals surface area contributed by atoms with Gasteiger partial charge in [-0.3, -0.25) is 4.79 Å². The maximum Gasteiger partial charge on any atom is 0.311 e. The number of aryl methyl sites for hydroxylation is 1. The number of rotatable bonds is 7. The summed E-state index contributed by atoms with van der Waals surface area (Å²) in [7, 11) is 0. The van der Waals surface area contributed by atoms with Gasteiger partial charge in [-0.15, -0.1) is 0 Å². The predicted molar refractivity (Wildman–Crippen MR) is 62.5 cm³/mol. The van der Waals surface area contributed by atoms with E-state index in [9.17, 15) is 4.79 Å². The Hall–Kier alpha value is -1.25. The molecule has 3 heteroatoms. The summed E-state index contributed by atoms with van der Waals surface area (Å²) < 4.78 is 10.2. The van der Waals surface area contributed by atoms with Crippen LogP contribution in [0.15, 0.2) is 16.7 Å². The van der Waals surface area contributed by atoms with E-state index in [1.54, 1.807) is 13.0 Å². The van der Waals surface area contributed by atoms with E-state index in [0.717, 1.165) is 12.8 Å². The molecule has 90 valence electrons. The van der Waals surface area contributed by atoms with Gasteiger partial charge in [0.1, 0.15) is 5.76 Å². The van der Waals surface area contributed by atoms with Crippen LogP contribution in [0.4, 0.5) is 0 Å². The number of hydrogen-bond acceptors (Lipinski definition) is 3. The Bertz CT molecular complexity index is 315. The summed E-state index contributed by atoms with van der Waals surface area (Å²) in [6.07, 6.45) is 7.71. The Balaban J connectivity index is 2.14. The molecule has 0 aliphatic carbocycles. The first-order valence-electron chi connectivity index (χ1n) is 5.98. The Kier molecular flexibility index (Phi) is 5.68. The molecule has 0 amide bonds. The minimum Gasteiger partial charge on any atom is -0.466 e. The van der Waals surface area contributed by atoms with Gasteiger partial charge in [0.25, 0.3) is 0 Å². The smallest absolute Gasteiger partial charge is 0.311 e. The minimum atomic E-state index is -0.166. The highest BCUT2D eigenvalue weighted by Gasteiger charge is 2.08. The molecule has 3 nitrogen and oxygen atoms in total. The maximum atomic E-state index is 11.4. The third-order valence-corrected chi connectivity index (χ3v) is 2.52. The Morgan fingerprint density at radius 1 is 1.31 bits per heavy atom. The van der Waals surface area contributed by atoms with Gasteiger partial charge >= 0.3 is 5.97 Å². The van der Waals surface area contributed by atoms with E-state index in [1.165, 1.54) is 25.5 Å². The standard InChI is InChI=1S/C13H20O3/c1-3-4-5-6-7-8-13(14)16-12-9-10-15-11(12)2/h9-10H,3-8H2,1-2H3. The van der Waals surface area contributed by atoms with Crippen molar-refractivity contribution in [1.29, 1.82) is 0 Å². The lowest BCUT2D eigenvalue weighted by molar-refractivity contribution is -0.134. The van der Waals surface area contributed by atoms with Gasteiger partial charge in [-0.1, -0.05) is 32.6 Å². The topological polar surface area (TPSA) is 39.4 Å². The van der Waals surface area contributed by atoms with Crippen molar-refractivity contribution in [2.24, 2.45) is 0 Å². The Morgan fingerprint density at radius 3 is 2.69 bits per heavy atom. The molecule has 0 radical (unpaired) electrons. The van der Waals surface area contributed by atoms with Gasteiger partial charge in [0.2, 0.25) is 0 Å². The summed E-state index contributed by atoms with van der Waals surface area (Å²) in [5, 5.41) is 0. The molecule has 0 bridgehead atoms. The third kappa shape index (κ3) is 4.51. The molecular weight excluding hydrogens is 204 g/mol. The molecule has 0 atom stereocenters. The monoisotopic (exact) mass is 224 g/mol. The molecule has 1 rings (SSSR count). The number of hydrogen-bond donors (Lipinski definition) is 0. The molecule has 1 aromatic heterocycles. The lowest BCUT2D eigenvalue weighted by atomic mass is 10.1. The second kappa shape index (κ2) is 7.09. The second-order valence-corrected chi connectivity index (χ2v) is 3.98. The SMILES string of the molecule is CCCCCCCC(=O)Oc1ccoc1C. The predicted octanol–water partition coefficient (Wildman–Crippen LogP) is 3.85. The fourth-order valence-corrected chi connectivity index (χ4v) is 1.53. The van der Waals surface area contributed by atoms with Crippen LogP contribution in [0.3, 0.4) is 0 Å². The zero-order chi connectivity index (χ0) is 11.8. The highest BCUT2D eigenvalue weighted by atomic mass is 16.5. The van der Waals surface area contributed by atoms with Gasteiger partial charge in [0, 0.05) is 12.5 Å². The van der Waals surface area contributed by atoms with E-state index in [2.05, 4.69) is 6.92 Å². The van der Waals surface area contributed by atoms with E-state index in [0.29, 0.717) is 17.9 Å². The molecular formula is C13H20O3. The van der Waals surface area contributed by atoms with Gasteiger partial charge in [0.15, 0.2) is 5.75 Å². The van der Waals surface area contributed by atoms with E-state index in [4.69, 9.17) is 9.15 Å². The summed E-state index contributed by atoms with van der Waals surface area (Å²) in [6, 6.07) is 1.67. The average Bonchev–Trinajstić information content (AvgIpc) is 2.64. The molecule has 0 N–H and O–H groups in total. The first kappa shape index (κ1) is 12.8. The van der Waals surface area contributed by atoms with Gasteiger partial charge in [-0.2, -0.15) is 0 Å². The van der Waals surface area contributed by atoms with Crippen molar-refractivity contribution in [1.82, 2.24) is 0 Å². The number of esters is 1. The largest absolute Gasteiger partial charge is 0.466 e. The number of carbonyl (C=O) groups is 1. The quantitative estimate of drug-likeness (QED) is 0.521. The van der Waals surface area contributed by atoms with Crippen LogP contribution >= 0.6 is 0 Å². The van der Waals surface area contributed by atoms with E-state index >= 15 is 0 Å². The summed E-state index contributed by atoms with van der Waals surface area (Å²) in [4.78, 5) is 11.4.